The summed E-state index contributed by atoms with van der Waals surface area (Å²) in [6.07, 6.45) is 12.1. The lowest BCUT2D eigenvalue weighted by atomic mass is 9.77. The summed E-state index contributed by atoms with van der Waals surface area (Å²) in [4.78, 5) is 22.4. The van der Waals surface area contributed by atoms with Crippen molar-refractivity contribution in [2.45, 2.75) is 97.0 Å². The lowest BCUT2D eigenvalue weighted by molar-refractivity contribution is -0.167. The molecule has 9 heteroatoms. The van der Waals surface area contributed by atoms with E-state index in [1.54, 1.807) is 10.6 Å². The van der Waals surface area contributed by atoms with Crippen LogP contribution in [0.2, 0.25) is 0 Å². The molecule has 0 amide bonds. The standard InChI is InChI=1S/C32H42N4O5/c1-5-20(2)27(37)16-25(40-19-23-12-13-23)11-8-14-32(24-9-6-7-10-24)18-28(38)26(30(39)41-32)17-29-34-31-33-21(3)15-22(4)36(31)35-29/h11,15-16,23-24,37-38H,2,5-10,12-14,17-19H2,1,3-4H3/b25-11-,27-16+. The van der Waals surface area contributed by atoms with Gasteiger partial charge in [-0.15, -0.1) is 5.10 Å². The van der Waals surface area contributed by atoms with Crippen molar-refractivity contribution < 1.29 is 24.5 Å². The molecule has 3 aliphatic rings. The maximum absolute atomic E-state index is 13.4. The zero-order chi connectivity index (χ0) is 29.1. The fraction of sp³-hybridized carbons (Fsp3) is 0.562. The number of fused-ring (bicyclic) bond motifs is 1. The Labute approximate surface area is 241 Å². The van der Waals surface area contributed by atoms with Gasteiger partial charge in [0.2, 0.25) is 0 Å². The Hall–Kier alpha value is -3.62. The number of cyclic esters (lactones) is 1. The fourth-order valence-corrected chi connectivity index (χ4v) is 5.96. The van der Waals surface area contributed by atoms with Crippen LogP contribution in [0.15, 0.2) is 53.2 Å². The van der Waals surface area contributed by atoms with E-state index in [1.165, 1.54) is 12.8 Å². The first kappa shape index (κ1) is 28.9. The van der Waals surface area contributed by atoms with E-state index in [1.807, 2.05) is 32.9 Å². The van der Waals surface area contributed by atoms with Gasteiger partial charge in [-0.3, -0.25) is 0 Å². The van der Waals surface area contributed by atoms with E-state index >= 15 is 0 Å². The lowest BCUT2D eigenvalue weighted by Crippen LogP contribution is -2.46. The molecule has 2 N–H and O–H groups in total. The maximum atomic E-state index is 13.4. The van der Waals surface area contributed by atoms with Crippen molar-refractivity contribution in [3.05, 3.63) is 70.4 Å². The molecule has 2 aliphatic carbocycles. The molecule has 1 unspecified atom stereocenters. The maximum Gasteiger partial charge on any atom is 0.338 e. The molecule has 0 bridgehead atoms. The number of carbonyl (C=O) groups excluding carboxylic acids is 1. The average Bonchev–Trinajstić information content (AvgIpc) is 3.40. The van der Waals surface area contributed by atoms with Crippen LogP contribution in [0, 0.1) is 25.7 Å². The molecule has 2 fully saturated rings. The molecule has 41 heavy (non-hydrogen) atoms. The van der Waals surface area contributed by atoms with E-state index in [0.717, 1.165) is 37.1 Å². The first-order valence-corrected chi connectivity index (χ1v) is 14.9. The molecule has 2 saturated carbocycles. The molecule has 0 aromatic carbocycles. The minimum Gasteiger partial charge on any atom is -0.512 e. The van der Waals surface area contributed by atoms with Gasteiger partial charge >= 0.3 is 5.97 Å². The Bertz CT molecular complexity index is 1410. The van der Waals surface area contributed by atoms with E-state index in [9.17, 15) is 15.0 Å². The monoisotopic (exact) mass is 562 g/mol. The number of carbonyl (C=O) groups is 1. The molecule has 1 atom stereocenters. The molecular formula is C32H42N4O5. The number of ether oxygens (including phenoxy) is 2. The smallest absolute Gasteiger partial charge is 0.338 e. The van der Waals surface area contributed by atoms with Crippen LogP contribution in [0.3, 0.4) is 0 Å². The molecule has 0 radical (unpaired) electrons. The Balaban J connectivity index is 1.36. The predicted molar refractivity (Wildman–Crippen MR) is 155 cm³/mol. The topological polar surface area (TPSA) is 119 Å². The van der Waals surface area contributed by atoms with E-state index in [-0.39, 0.29) is 35.9 Å². The van der Waals surface area contributed by atoms with Gasteiger partial charge in [-0.25, -0.2) is 14.3 Å². The third kappa shape index (κ3) is 6.66. The summed E-state index contributed by atoms with van der Waals surface area (Å²) >= 11 is 0. The number of nitrogens with zero attached hydrogens (tertiary/aromatic N) is 4. The van der Waals surface area contributed by atoms with Gasteiger partial charge in [-0.1, -0.05) is 26.3 Å². The highest BCUT2D eigenvalue weighted by Gasteiger charge is 2.48. The minimum absolute atomic E-state index is 0.0545. The molecule has 0 spiro atoms. The normalized spacial score (nSPS) is 22.5. The third-order valence-electron chi connectivity index (χ3n) is 8.62. The number of hydrogen-bond acceptors (Lipinski definition) is 8. The molecule has 9 nitrogen and oxygen atoms in total. The Kier molecular flexibility index (Phi) is 8.52. The van der Waals surface area contributed by atoms with Gasteiger partial charge in [0.1, 0.15) is 22.9 Å². The van der Waals surface area contributed by atoms with E-state index < -0.39 is 11.6 Å². The van der Waals surface area contributed by atoms with Gasteiger partial charge in [0.15, 0.2) is 5.82 Å². The second-order valence-electron chi connectivity index (χ2n) is 11.9. The molecule has 1 aliphatic heterocycles. The molecule has 0 saturated heterocycles. The van der Waals surface area contributed by atoms with Crippen LogP contribution in [0.25, 0.3) is 5.78 Å². The third-order valence-corrected chi connectivity index (χ3v) is 8.62. The van der Waals surface area contributed by atoms with Gasteiger partial charge in [0, 0.05) is 30.3 Å². The summed E-state index contributed by atoms with van der Waals surface area (Å²) in [7, 11) is 0. The number of allylic oxidation sites excluding steroid dienone is 3. The number of aliphatic hydroxyl groups excluding tert-OH is 2. The van der Waals surface area contributed by atoms with Crippen molar-refractivity contribution >= 4 is 11.7 Å². The number of rotatable bonds is 12. The Morgan fingerprint density at radius 2 is 2.00 bits per heavy atom. The summed E-state index contributed by atoms with van der Waals surface area (Å²) in [6, 6.07) is 1.92. The van der Waals surface area contributed by atoms with Crippen molar-refractivity contribution in [3.8, 4) is 0 Å². The first-order chi connectivity index (χ1) is 19.7. The van der Waals surface area contributed by atoms with Crippen molar-refractivity contribution in [1.29, 1.82) is 0 Å². The van der Waals surface area contributed by atoms with Crippen molar-refractivity contribution in [2.24, 2.45) is 11.8 Å². The van der Waals surface area contributed by atoms with Gasteiger partial charge in [0.05, 0.1) is 12.2 Å². The fourth-order valence-electron chi connectivity index (χ4n) is 5.96. The molecule has 220 valence electrons. The number of esters is 1. The van der Waals surface area contributed by atoms with Crippen LogP contribution in [-0.4, -0.2) is 48.0 Å². The van der Waals surface area contributed by atoms with Crippen LogP contribution in [0.5, 0.6) is 0 Å². The summed E-state index contributed by atoms with van der Waals surface area (Å²) < 4.78 is 14.0. The second-order valence-corrected chi connectivity index (χ2v) is 11.9. The number of aliphatic hydroxyl groups is 2. The summed E-state index contributed by atoms with van der Waals surface area (Å²) in [6.45, 7) is 10.3. The Morgan fingerprint density at radius 3 is 2.68 bits per heavy atom. The van der Waals surface area contributed by atoms with Crippen molar-refractivity contribution in [3.63, 3.8) is 0 Å². The second kappa shape index (κ2) is 12.1. The highest BCUT2D eigenvalue weighted by molar-refractivity contribution is 5.90. The summed E-state index contributed by atoms with van der Waals surface area (Å²) in [5.74, 6) is 1.89. The largest absolute Gasteiger partial charge is 0.512 e. The van der Waals surface area contributed by atoms with E-state index in [2.05, 4.69) is 21.6 Å². The Morgan fingerprint density at radius 1 is 1.24 bits per heavy atom. The van der Waals surface area contributed by atoms with Gasteiger partial charge in [0.25, 0.3) is 5.78 Å². The SMILES string of the molecule is C=C(CC)/C(O)=C\C(=C\CCC1(C2CCCC2)CC(O)=C(Cc2nc3nc(C)cc(C)n3n2)C(=O)O1)OCC1CC1. The molecule has 3 heterocycles. The van der Waals surface area contributed by atoms with Crippen LogP contribution in [-0.2, 0) is 20.7 Å². The van der Waals surface area contributed by atoms with E-state index in [0.29, 0.717) is 54.7 Å². The lowest BCUT2D eigenvalue weighted by Gasteiger charge is -2.41. The highest BCUT2D eigenvalue weighted by atomic mass is 16.6. The zero-order valence-electron chi connectivity index (χ0n) is 24.5. The molecular weight excluding hydrogens is 520 g/mol. The van der Waals surface area contributed by atoms with E-state index in [4.69, 9.17) is 9.47 Å². The highest BCUT2D eigenvalue weighted by Crippen LogP contribution is 2.46. The van der Waals surface area contributed by atoms with Gasteiger partial charge in [-0.05, 0) is 88.3 Å². The number of hydrogen-bond donors (Lipinski definition) is 2. The van der Waals surface area contributed by atoms with Crippen LogP contribution >= 0.6 is 0 Å². The zero-order valence-corrected chi connectivity index (χ0v) is 24.5. The summed E-state index contributed by atoms with van der Waals surface area (Å²) in [5, 5.41) is 26.2. The molecule has 5 rings (SSSR count). The van der Waals surface area contributed by atoms with Crippen LogP contribution in [0.1, 0.15) is 88.3 Å². The minimum atomic E-state index is -0.792. The quantitative estimate of drug-likeness (QED) is 0.172. The average molecular weight is 563 g/mol. The van der Waals surface area contributed by atoms with Crippen molar-refractivity contribution in [2.75, 3.05) is 6.61 Å². The van der Waals surface area contributed by atoms with Crippen molar-refractivity contribution in [1.82, 2.24) is 19.6 Å². The number of aromatic nitrogens is 4. The van der Waals surface area contributed by atoms with Crippen LogP contribution in [0.4, 0.5) is 0 Å². The summed E-state index contributed by atoms with van der Waals surface area (Å²) in [5.41, 5.74) is 1.80. The molecule has 2 aromatic rings. The van der Waals surface area contributed by atoms with Gasteiger partial charge in [-0.2, -0.15) is 4.98 Å². The number of aryl methyl sites for hydroxylation is 2. The van der Waals surface area contributed by atoms with Crippen LogP contribution < -0.4 is 0 Å². The molecule has 2 aromatic heterocycles. The van der Waals surface area contributed by atoms with Gasteiger partial charge < -0.3 is 19.7 Å². The predicted octanol–water partition coefficient (Wildman–Crippen LogP) is 6.47. The first-order valence-electron chi connectivity index (χ1n) is 14.9.